The molecule has 0 saturated carbocycles. The lowest BCUT2D eigenvalue weighted by atomic mass is 9.61. The van der Waals surface area contributed by atoms with Gasteiger partial charge in [-0.25, -0.2) is 0 Å². The van der Waals surface area contributed by atoms with Crippen molar-refractivity contribution in [3.63, 3.8) is 0 Å². The maximum atomic E-state index is 7.01. The van der Waals surface area contributed by atoms with Crippen LogP contribution in [0.2, 0.25) is 0 Å². The smallest absolute Gasteiger partial charge is 0.134 e. The Hall–Kier alpha value is -18.6. The van der Waals surface area contributed by atoms with E-state index in [4.69, 9.17) is 4.74 Å². The average molecular weight is 1940 g/mol. The SMILES string of the molecule is c1ccc2c(c1)Oc1cc3c(cc1C21c2ccccc2-n2c4ccccc4c4cccc1c42)c1ccccc1n3-c1ccc2ccccc2c1.c1ccc2c(c1)Sc1c(ccc3c1c1ccccc1n3-c1ccc3ccccc3c1)C21c2ccccc2-n2c3ccccc3c3cccc1c32.c1ccc2c(c1)Sc1cc3c4ccccc4n(-c4ccc5ccccc5c4)c3cc1C21c2ccccc2-n2c3ccccc3c3cccc1c32. The van der Waals surface area contributed by atoms with E-state index in [1.807, 2.05) is 23.5 Å². The van der Waals surface area contributed by atoms with Gasteiger partial charge in [0, 0.05) is 118 Å². The highest BCUT2D eigenvalue weighted by molar-refractivity contribution is 8.00. The van der Waals surface area contributed by atoms with Gasteiger partial charge in [0.25, 0.3) is 0 Å². The molecule has 3 unspecified atom stereocenters. The highest BCUT2D eigenvalue weighted by atomic mass is 32.2. The number of para-hydroxylation sites is 13. The fraction of sp³-hybridized carbons (Fsp3) is 0.0213. The van der Waals surface area contributed by atoms with E-state index >= 15 is 0 Å². The van der Waals surface area contributed by atoms with Gasteiger partial charge in [-0.1, -0.05) is 394 Å². The summed E-state index contributed by atoms with van der Waals surface area (Å²) in [6.07, 6.45) is 0. The third-order valence-corrected chi connectivity index (χ3v) is 36.3. The van der Waals surface area contributed by atoms with Crippen molar-refractivity contribution in [1.29, 1.82) is 0 Å². The van der Waals surface area contributed by atoms with Gasteiger partial charge in [-0.05, 0) is 221 Å². The third kappa shape index (κ3) is 10.8. The summed E-state index contributed by atoms with van der Waals surface area (Å²) in [5.41, 5.74) is 36.0. The predicted octanol–water partition coefficient (Wildman–Crippen LogP) is 36.2. The second-order valence-corrected chi connectivity index (χ2v) is 43.1. The van der Waals surface area contributed by atoms with Crippen molar-refractivity contribution in [1.82, 2.24) is 27.4 Å². The van der Waals surface area contributed by atoms with Crippen LogP contribution in [-0.2, 0) is 16.2 Å². The fourth-order valence-corrected chi connectivity index (χ4v) is 30.7. The minimum atomic E-state index is -0.606. The van der Waals surface area contributed by atoms with Gasteiger partial charge in [0.2, 0.25) is 0 Å². The lowest BCUT2D eigenvalue weighted by molar-refractivity contribution is 0.434. The summed E-state index contributed by atoms with van der Waals surface area (Å²) in [7, 11) is 0. The molecule has 150 heavy (non-hydrogen) atoms. The Morgan fingerprint density at radius 3 is 0.953 bits per heavy atom. The van der Waals surface area contributed by atoms with Crippen molar-refractivity contribution in [2.75, 3.05) is 0 Å². The maximum absolute atomic E-state index is 7.01. The first-order chi connectivity index (χ1) is 74.4. The average Bonchev–Trinajstić information content (AvgIpc) is 1.37. The van der Waals surface area contributed by atoms with Crippen molar-refractivity contribution in [3.8, 4) is 45.6 Å². The van der Waals surface area contributed by atoms with E-state index in [2.05, 4.69) is 537 Å². The molecule has 7 nitrogen and oxygen atoms in total. The molecule has 696 valence electrons. The van der Waals surface area contributed by atoms with Crippen molar-refractivity contribution in [2.45, 2.75) is 35.8 Å². The van der Waals surface area contributed by atoms with E-state index < -0.39 is 16.2 Å². The van der Waals surface area contributed by atoms with Gasteiger partial charge in [-0.2, -0.15) is 0 Å². The maximum Gasteiger partial charge on any atom is 0.134 e. The minimum absolute atomic E-state index is 0.502. The predicted molar refractivity (Wildman–Crippen MR) is 622 cm³/mol. The monoisotopic (exact) mass is 1940 g/mol. The molecule has 0 N–H and O–H groups in total. The van der Waals surface area contributed by atoms with Crippen LogP contribution >= 0.6 is 23.5 Å². The first-order valence-electron chi connectivity index (χ1n) is 51.8. The van der Waals surface area contributed by atoms with Gasteiger partial charge in [0.1, 0.15) is 11.5 Å². The summed E-state index contributed by atoms with van der Waals surface area (Å²) in [6, 6.07) is 189. The Kier molecular flexibility index (Phi) is 16.9. The van der Waals surface area contributed by atoms with E-state index in [0.29, 0.717) is 0 Å². The van der Waals surface area contributed by atoms with Crippen molar-refractivity contribution >= 4 is 187 Å². The Bertz CT molecular complexity index is 11000. The van der Waals surface area contributed by atoms with E-state index in [1.165, 1.54) is 272 Å². The van der Waals surface area contributed by atoms with E-state index in [9.17, 15) is 0 Å². The number of aromatic nitrogens is 6. The van der Waals surface area contributed by atoms with E-state index in [1.54, 1.807) is 0 Å². The first kappa shape index (κ1) is 82.6. The second-order valence-electron chi connectivity index (χ2n) is 41.0. The van der Waals surface area contributed by atoms with Crippen LogP contribution in [0, 0.1) is 0 Å². The molecule has 0 aliphatic carbocycles. The van der Waals surface area contributed by atoms with Gasteiger partial charge in [0.15, 0.2) is 0 Å². The van der Waals surface area contributed by atoms with Crippen LogP contribution in [0.25, 0.3) is 197 Å². The van der Waals surface area contributed by atoms with Gasteiger partial charge in [-0.15, -0.1) is 0 Å². The molecule has 0 saturated heterocycles. The standard InChI is InChI=1S/C47H28N2O.2C47H28N2S/c1-2-13-30-26-31(25-24-29(30)12-1)48-40-20-7-4-15-33(40)35-27-39-45(28-43(35)48)50-44-23-10-6-18-37(44)47(39)36-17-5-9-22-42(36)49-41-21-8-3-14-32(41)34-16-11-19-38(47)46(34)49;1-2-13-30-26-31(25-24-29(30)12-1)48-40-20-7-4-15-33(40)35-27-45-39(28-43(35)48)47(37-18-6-10-23-44(37)50-45)36-17-5-9-22-42(36)49-41-21-8-3-14-32(41)34-16-11-19-38(47)46(34)49;1-2-13-30-28-31(25-24-29(30)12-1)48-40-21-8-4-15-34(40)44-42(48)27-26-38-46(44)50-43-23-10-6-18-36(43)47(38)35-17-5-9-22-41(35)49-39-20-7-3-14-32(39)33-16-11-19-37(47)45(33)49/h3*1-28H. The quantitative estimate of drug-likeness (QED) is 0.177. The first-order valence-corrected chi connectivity index (χ1v) is 53.5. The lowest BCUT2D eigenvalue weighted by Crippen LogP contribution is -2.37. The van der Waals surface area contributed by atoms with E-state index in [-0.39, 0.29) is 0 Å². The highest BCUT2D eigenvalue weighted by Gasteiger charge is 2.55. The summed E-state index contributed by atoms with van der Waals surface area (Å²) in [5.74, 6) is 1.78. The normalized spacial score (nSPS) is 15.9. The van der Waals surface area contributed by atoms with Crippen molar-refractivity contribution in [3.05, 3.63) is 576 Å². The zero-order chi connectivity index (χ0) is 97.7. The summed E-state index contributed by atoms with van der Waals surface area (Å²) in [5, 5.41) is 22.8. The number of hydrogen-bond acceptors (Lipinski definition) is 3. The number of ether oxygens (including phenoxy) is 1. The lowest BCUT2D eigenvalue weighted by Gasteiger charge is -2.45. The Morgan fingerprint density at radius 1 is 0.160 bits per heavy atom. The molecule has 6 aromatic heterocycles. The second kappa shape index (κ2) is 30.7. The molecule has 24 aromatic carbocycles. The molecule has 3 spiro atoms. The number of fused-ring (bicyclic) bond motifs is 46. The largest absolute Gasteiger partial charge is 0.457 e. The summed E-state index contributed by atoms with van der Waals surface area (Å²) in [4.78, 5) is 5.28. The minimum Gasteiger partial charge on any atom is -0.457 e. The van der Waals surface area contributed by atoms with Crippen LogP contribution in [0.4, 0.5) is 0 Å². The summed E-state index contributed by atoms with van der Waals surface area (Å²) < 4.78 is 21.9. The molecular formula is C141H84N6OS2. The molecule has 36 rings (SSSR count). The molecule has 0 radical (unpaired) electrons. The van der Waals surface area contributed by atoms with Gasteiger partial charge in [0.05, 0.1) is 99.5 Å². The molecule has 30 aromatic rings. The number of nitrogens with zero attached hydrogens (tertiary/aromatic N) is 6. The summed E-state index contributed by atoms with van der Waals surface area (Å²) >= 11 is 3.85. The van der Waals surface area contributed by atoms with Crippen LogP contribution in [-0.4, -0.2) is 27.4 Å². The van der Waals surface area contributed by atoms with Crippen molar-refractivity contribution < 1.29 is 4.74 Å². The van der Waals surface area contributed by atoms with Crippen LogP contribution in [0.1, 0.15) is 66.8 Å². The molecule has 0 fully saturated rings. The molecular weight excluding hydrogens is 1860 g/mol. The third-order valence-electron chi connectivity index (χ3n) is 34.0. The Morgan fingerprint density at radius 2 is 0.487 bits per heavy atom. The van der Waals surface area contributed by atoms with Gasteiger partial charge < -0.3 is 32.1 Å². The van der Waals surface area contributed by atoms with Crippen molar-refractivity contribution in [2.24, 2.45) is 0 Å². The van der Waals surface area contributed by atoms with E-state index in [0.717, 1.165) is 22.7 Å². The van der Waals surface area contributed by atoms with Crippen LogP contribution < -0.4 is 4.74 Å². The molecule has 3 atom stereocenters. The van der Waals surface area contributed by atoms with Gasteiger partial charge in [-0.3, -0.25) is 0 Å². The van der Waals surface area contributed by atoms with Gasteiger partial charge >= 0.3 is 0 Å². The van der Waals surface area contributed by atoms with Crippen LogP contribution in [0.15, 0.2) is 529 Å². The highest BCUT2D eigenvalue weighted by Crippen LogP contribution is 2.67. The number of benzene rings is 24. The molecule has 9 heteroatoms. The zero-order valence-corrected chi connectivity index (χ0v) is 82.5. The fourth-order valence-electron chi connectivity index (χ4n) is 28.2. The molecule has 0 bridgehead atoms. The topological polar surface area (TPSA) is 38.8 Å². The van der Waals surface area contributed by atoms with Crippen LogP contribution in [0.5, 0.6) is 11.5 Å². The summed E-state index contributed by atoms with van der Waals surface area (Å²) in [6.45, 7) is 0. The molecule has 6 aliphatic heterocycles. The molecule has 12 heterocycles. The number of rotatable bonds is 3. The molecule has 6 aliphatic rings. The zero-order valence-electron chi connectivity index (χ0n) is 80.9. The Labute approximate surface area is 869 Å². The Balaban J connectivity index is 0.0000000957. The number of hydrogen-bond donors (Lipinski definition) is 0. The van der Waals surface area contributed by atoms with Crippen LogP contribution in [0.3, 0.4) is 0 Å². The molecule has 0 amide bonds.